The van der Waals surface area contributed by atoms with E-state index in [0.717, 1.165) is 19.3 Å². The zero-order chi connectivity index (χ0) is 19.9. The van der Waals surface area contributed by atoms with Crippen molar-refractivity contribution in [3.8, 4) is 0 Å². The third-order valence-electron chi connectivity index (χ3n) is 5.21. The number of hydrogen-bond donors (Lipinski definition) is 1. The number of hydrogen-bond acceptors (Lipinski definition) is 4. The van der Waals surface area contributed by atoms with Crippen LogP contribution in [0.5, 0.6) is 0 Å². The van der Waals surface area contributed by atoms with Crippen LogP contribution in [0, 0.1) is 5.92 Å². The van der Waals surface area contributed by atoms with E-state index >= 15 is 0 Å². The summed E-state index contributed by atoms with van der Waals surface area (Å²) in [5.41, 5.74) is 1.39. The highest BCUT2D eigenvalue weighted by atomic mass is 16.5. The summed E-state index contributed by atoms with van der Waals surface area (Å²) >= 11 is 0. The molecule has 3 rings (SSSR count). The Bertz CT molecular complexity index is 829. The molecule has 0 radical (unpaired) electrons. The number of esters is 1. The second kappa shape index (κ2) is 9.31. The molecule has 0 aliphatic heterocycles. The van der Waals surface area contributed by atoms with Gasteiger partial charge in [-0.05, 0) is 30.9 Å². The monoisotopic (exact) mass is 379 g/mol. The second-order valence-electron chi connectivity index (χ2n) is 7.28. The van der Waals surface area contributed by atoms with E-state index in [-0.39, 0.29) is 24.3 Å². The summed E-state index contributed by atoms with van der Waals surface area (Å²) in [5.74, 6) is -0.516. The molecule has 1 amide bonds. The van der Waals surface area contributed by atoms with Crippen LogP contribution in [0.2, 0.25) is 0 Å². The van der Waals surface area contributed by atoms with Crippen molar-refractivity contribution in [3.63, 3.8) is 0 Å². The summed E-state index contributed by atoms with van der Waals surface area (Å²) in [6, 6.07) is 15.4. The standard InChI is InChI=1S/C23H25NO4/c1-16-7-5-6-10-20(16)24-21(25)15-28-23(27)19-13-11-18(12-14-19)22(26)17-8-3-2-4-9-17/h2-4,8-9,11-14,16,20H,5-7,10,15H2,1H3,(H,24,25)/t16-,20+/m1/s1. The van der Waals surface area contributed by atoms with E-state index in [0.29, 0.717) is 22.6 Å². The highest BCUT2D eigenvalue weighted by Gasteiger charge is 2.23. The summed E-state index contributed by atoms with van der Waals surface area (Å²) in [5, 5.41) is 2.96. The number of carbonyl (C=O) groups excluding carboxylic acids is 3. The van der Waals surface area contributed by atoms with Crippen LogP contribution in [-0.4, -0.2) is 30.3 Å². The van der Waals surface area contributed by atoms with Gasteiger partial charge in [0, 0.05) is 17.2 Å². The first kappa shape index (κ1) is 19.8. The molecule has 0 spiro atoms. The fourth-order valence-electron chi connectivity index (χ4n) is 3.51. The fraction of sp³-hybridized carbons (Fsp3) is 0.348. The average Bonchev–Trinajstić information content (AvgIpc) is 2.74. The van der Waals surface area contributed by atoms with Crippen LogP contribution in [0.15, 0.2) is 54.6 Å². The molecule has 0 unspecified atom stereocenters. The van der Waals surface area contributed by atoms with Crippen LogP contribution in [0.25, 0.3) is 0 Å². The zero-order valence-electron chi connectivity index (χ0n) is 16.0. The molecule has 1 saturated carbocycles. The van der Waals surface area contributed by atoms with Crippen LogP contribution in [0.1, 0.15) is 58.9 Å². The van der Waals surface area contributed by atoms with E-state index < -0.39 is 5.97 Å². The normalized spacial score (nSPS) is 18.9. The first-order valence-electron chi connectivity index (χ1n) is 9.71. The van der Waals surface area contributed by atoms with Gasteiger partial charge in [0.1, 0.15) is 0 Å². The van der Waals surface area contributed by atoms with Crippen molar-refractivity contribution in [1.82, 2.24) is 5.32 Å². The van der Waals surface area contributed by atoms with Gasteiger partial charge < -0.3 is 10.1 Å². The van der Waals surface area contributed by atoms with E-state index in [1.807, 2.05) is 6.07 Å². The highest BCUT2D eigenvalue weighted by Crippen LogP contribution is 2.23. The predicted octanol–water partition coefficient (Wildman–Crippen LogP) is 3.77. The minimum Gasteiger partial charge on any atom is -0.452 e. The Hall–Kier alpha value is -2.95. The maximum Gasteiger partial charge on any atom is 0.338 e. The van der Waals surface area contributed by atoms with Gasteiger partial charge in [0.25, 0.3) is 5.91 Å². The van der Waals surface area contributed by atoms with Crippen LogP contribution in [0.4, 0.5) is 0 Å². The molecule has 0 saturated heterocycles. The van der Waals surface area contributed by atoms with Crippen molar-refractivity contribution in [2.45, 2.75) is 38.6 Å². The molecule has 2 aromatic carbocycles. The molecular weight excluding hydrogens is 354 g/mol. The van der Waals surface area contributed by atoms with E-state index in [1.54, 1.807) is 48.5 Å². The van der Waals surface area contributed by atoms with Gasteiger partial charge in [0.2, 0.25) is 0 Å². The predicted molar refractivity (Wildman–Crippen MR) is 106 cm³/mol. The van der Waals surface area contributed by atoms with Crippen molar-refractivity contribution in [2.75, 3.05) is 6.61 Å². The van der Waals surface area contributed by atoms with Crippen molar-refractivity contribution in [1.29, 1.82) is 0 Å². The van der Waals surface area contributed by atoms with E-state index in [2.05, 4.69) is 12.2 Å². The Morgan fingerprint density at radius 2 is 1.50 bits per heavy atom. The van der Waals surface area contributed by atoms with Gasteiger partial charge in [-0.2, -0.15) is 0 Å². The number of ether oxygens (including phenoxy) is 1. The number of carbonyl (C=O) groups is 3. The Morgan fingerprint density at radius 3 is 2.18 bits per heavy atom. The average molecular weight is 379 g/mol. The van der Waals surface area contributed by atoms with E-state index in [4.69, 9.17) is 4.74 Å². The van der Waals surface area contributed by atoms with Gasteiger partial charge in [-0.3, -0.25) is 9.59 Å². The smallest absolute Gasteiger partial charge is 0.338 e. The van der Waals surface area contributed by atoms with Crippen molar-refractivity contribution in [2.24, 2.45) is 5.92 Å². The number of rotatable bonds is 6. The molecule has 28 heavy (non-hydrogen) atoms. The summed E-state index contributed by atoms with van der Waals surface area (Å²) < 4.78 is 5.12. The molecule has 1 fully saturated rings. The summed E-state index contributed by atoms with van der Waals surface area (Å²) in [7, 11) is 0. The Balaban J connectivity index is 1.52. The van der Waals surface area contributed by atoms with Crippen LogP contribution in [-0.2, 0) is 9.53 Å². The molecule has 2 atom stereocenters. The number of amides is 1. The summed E-state index contributed by atoms with van der Waals surface area (Å²) in [4.78, 5) is 36.6. The first-order valence-corrected chi connectivity index (χ1v) is 9.71. The van der Waals surface area contributed by atoms with Gasteiger partial charge in [0.05, 0.1) is 5.56 Å². The molecule has 1 N–H and O–H groups in total. The SMILES string of the molecule is C[C@@H]1CCCC[C@@H]1NC(=O)COC(=O)c1ccc(C(=O)c2ccccc2)cc1. The van der Waals surface area contributed by atoms with Gasteiger partial charge in [0.15, 0.2) is 12.4 Å². The lowest BCUT2D eigenvalue weighted by molar-refractivity contribution is -0.125. The molecule has 0 bridgehead atoms. The lowest BCUT2D eigenvalue weighted by Crippen LogP contribution is -2.42. The molecule has 146 valence electrons. The lowest BCUT2D eigenvalue weighted by Gasteiger charge is -2.29. The minimum absolute atomic E-state index is 0.110. The van der Waals surface area contributed by atoms with Gasteiger partial charge >= 0.3 is 5.97 Å². The second-order valence-corrected chi connectivity index (χ2v) is 7.28. The third-order valence-corrected chi connectivity index (χ3v) is 5.21. The number of nitrogens with one attached hydrogen (secondary N) is 1. The molecule has 0 aromatic heterocycles. The van der Waals surface area contributed by atoms with Crippen molar-refractivity contribution < 1.29 is 19.1 Å². The third kappa shape index (κ3) is 5.06. The molecule has 5 heteroatoms. The highest BCUT2D eigenvalue weighted by molar-refractivity contribution is 6.09. The molecule has 5 nitrogen and oxygen atoms in total. The molecule has 1 aliphatic carbocycles. The Kier molecular flexibility index (Phi) is 6.58. The van der Waals surface area contributed by atoms with Crippen LogP contribution in [0.3, 0.4) is 0 Å². The van der Waals surface area contributed by atoms with E-state index in [9.17, 15) is 14.4 Å². The maximum absolute atomic E-state index is 12.4. The molecule has 2 aromatic rings. The number of ketones is 1. The largest absolute Gasteiger partial charge is 0.452 e. The van der Waals surface area contributed by atoms with Crippen LogP contribution < -0.4 is 5.32 Å². The maximum atomic E-state index is 12.4. The Morgan fingerprint density at radius 1 is 0.893 bits per heavy atom. The zero-order valence-corrected chi connectivity index (χ0v) is 16.0. The van der Waals surface area contributed by atoms with Crippen molar-refractivity contribution in [3.05, 3.63) is 71.3 Å². The number of benzene rings is 2. The topological polar surface area (TPSA) is 72.5 Å². The summed E-state index contributed by atoms with van der Waals surface area (Å²) in [6.45, 7) is 1.83. The first-order chi connectivity index (χ1) is 13.5. The van der Waals surface area contributed by atoms with Gasteiger partial charge in [-0.15, -0.1) is 0 Å². The minimum atomic E-state index is -0.578. The molecular formula is C23H25NO4. The Labute approximate surface area is 165 Å². The molecule has 0 heterocycles. The van der Waals surface area contributed by atoms with Crippen LogP contribution >= 0.6 is 0 Å². The fourth-order valence-corrected chi connectivity index (χ4v) is 3.51. The van der Waals surface area contributed by atoms with Crippen molar-refractivity contribution >= 4 is 17.7 Å². The molecule has 1 aliphatic rings. The van der Waals surface area contributed by atoms with E-state index in [1.165, 1.54) is 6.42 Å². The van der Waals surface area contributed by atoms with Gasteiger partial charge in [-0.1, -0.05) is 62.2 Å². The summed E-state index contributed by atoms with van der Waals surface area (Å²) in [6.07, 6.45) is 4.39. The quantitative estimate of drug-likeness (QED) is 0.613. The van der Waals surface area contributed by atoms with Gasteiger partial charge in [-0.25, -0.2) is 4.79 Å². The lowest BCUT2D eigenvalue weighted by atomic mass is 9.86.